The standard InChI is InChI=1S/C7H4N2O.N/c10-7-8-5-3-1-2-4-6(5)9-7;/h1-4H;. The molecule has 0 saturated heterocycles. The Bertz CT molecular complexity index is 359. The summed E-state index contributed by atoms with van der Waals surface area (Å²) < 4.78 is 0. The number of amides is 2. The quantitative estimate of drug-likeness (QED) is 0.489. The van der Waals surface area contributed by atoms with Gasteiger partial charge in [-0.25, -0.2) is 4.79 Å². The highest BCUT2D eigenvalue weighted by atomic mass is 16.2. The van der Waals surface area contributed by atoms with Gasteiger partial charge in [0.15, 0.2) is 0 Å². The van der Waals surface area contributed by atoms with Crippen molar-refractivity contribution in [2.75, 3.05) is 0 Å². The summed E-state index contributed by atoms with van der Waals surface area (Å²) in [5.74, 6) is 0. The van der Waals surface area contributed by atoms with Gasteiger partial charge in [0.1, 0.15) is 0 Å². The highest BCUT2D eigenvalue weighted by Crippen LogP contribution is 1.82. The van der Waals surface area contributed by atoms with Gasteiger partial charge in [-0.1, -0.05) is 12.1 Å². The Morgan fingerprint density at radius 2 is 1.45 bits per heavy atom. The molecule has 1 aromatic carbocycles. The predicted octanol–water partition coefficient (Wildman–Crippen LogP) is -0.421. The first-order valence-corrected chi connectivity index (χ1v) is 2.93. The predicted molar refractivity (Wildman–Crippen MR) is 36.3 cm³/mol. The summed E-state index contributed by atoms with van der Waals surface area (Å²) in [4.78, 5) is 17.9. The molecule has 0 unspecified atom stereocenters. The van der Waals surface area contributed by atoms with Crippen molar-refractivity contribution in [3.05, 3.63) is 35.0 Å². The zero-order valence-electron chi connectivity index (χ0n) is 5.56. The summed E-state index contributed by atoms with van der Waals surface area (Å²) in [6, 6.07) is 6.79. The largest absolute Gasteiger partial charge is 0.368 e. The van der Waals surface area contributed by atoms with Crippen LogP contribution in [0.15, 0.2) is 34.3 Å². The van der Waals surface area contributed by atoms with E-state index in [0.29, 0.717) is 10.7 Å². The fraction of sp³-hybridized carbons (Fsp3) is 0. The molecule has 4 nitrogen and oxygen atoms in total. The van der Waals surface area contributed by atoms with Gasteiger partial charge in [0.2, 0.25) is 0 Å². The first-order valence-electron chi connectivity index (χ1n) is 2.93. The van der Waals surface area contributed by atoms with Crippen LogP contribution in [0.2, 0.25) is 0 Å². The van der Waals surface area contributed by atoms with Gasteiger partial charge in [-0.3, -0.25) is 0 Å². The first-order chi connectivity index (χ1) is 4.86. The summed E-state index contributed by atoms with van der Waals surface area (Å²) in [6.07, 6.45) is 0. The van der Waals surface area contributed by atoms with E-state index < -0.39 is 6.03 Å². The van der Waals surface area contributed by atoms with Crippen molar-refractivity contribution in [1.82, 2.24) is 6.15 Å². The molecule has 0 aliphatic carbocycles. The minimum absolute atomic E-state index is 0. The third-order valence-corrected chi connectivity index (χ3v) is 1.31. The number of hydrogen-bond donors (Lipinski definition) is 0. The van der Waals surface area contributed by atoms with E-state index in [0.717, 1.165) is 0 Å². The van der Waals surface area contributed by atoms with Crippen molar-refractivity contribution in [3.63, 3.8) is 0 Å². The second kappa shape index (κ2) is 2.59. The molecule has 1 aliphatic rings. The zero-order chi connectivity index (χ0) is 6.97. The van der Waals surface area contributed by atoms with Crippen molar-refractivity contribution in [1.29, 1.82) is 0 Å². The van der Waals surface area contributed by atoms with E-state index in [1.54, 1.807) is 12.1 Å². The van der Waals surface area contributed by atoms with Crippen LogP contribution in [0.25, 0.3) is 0 Å². The van der Waals surface area contributed by atoms with Gasteiger partial charge in [0.25, 0.3) is 0 Å². The molecule has 0 bridgehead atoms. The average Bonchev–Trinajstić information content (AvgIpc) is 2.27. The van der Waals surface area contributed by atoms with E-state index in [1.807, 2.05) is 12.1 Å². The highest BCUT2D eigenvalue weighted by Gasteiger charge is 2.01. The molecule has 4 heteroatoms. The first kappa shape index (κ1) is 7.56. The van der Waals surface area contributed by atoms with Crippen LogP contribution in [-0.2, 0) is 0 Å². The second-order valence-corrected chi connectivity index (χ2v) is 1.99. The Hall–Kier alpha value is -1.55. The molecule has 0 saturated carbocycles. The van der Waals surface area contributed by atoms with Crippen LogP contribution in [0.5, 0.6) is 0 Å². The summed E-state index contributed by atoms with van der Waals surface area (Å²) in [7, 11) is 0. The highest BCUT2D eigenvalue weighted by molar-refractivity contribution is 5.77. The molecule has 0 spiro atoms. The number of urea groups is 1. The summed E-state index contributed by atoms with van der Waals surface area (Å²) in [5.41, 5.74) is 0. The molecule has 0 fully saturated rings. The van der Waals surface area contributed by atoms with Crippen molar-refractivity contribution < 1.29 is 4.79 Å². The molecule has 0 N–H and O–H groups in total. The van der Waals surface area contributed by atoms with Gasteiger partial charge in [-0.15, -0.1) is 0 Å². The van der Waals surface area contributed by atoms with Crippen LogP contribution in [0.1, 0.15) is 0 Å². The van der Waals surface area contributed by atoms with Gasteiger partial charge in [0.05, 0.1) is 10.7 Å². The third kappa shape index (κ3) is 1.15. The Balaban J connectivity index is 0.000000605. The minimum Gasteiger partial charge on any atom is -0.244 e. The van der Waals surface area contributed by atoms with Gasteiger partial charge >= 0.3 is 6.03 Å². The summed E-state index contributed by atoms with van der Waals surface area (Å²) in [6.45, 7) is 0. The number of carbonyl (C=O) groups is 1. The number of rotatable bonds is 0. The number of benzene rings is 1. The van der Waals surface area contributed by atoms with Gasteiger partial charge < -0.3 is 0 Å². The summed E-state index contributed by atoms with van der Waals surface area (Å²) in [5, 5.41) is 1.35. The van der Waals surface area contributed by atoms with Crippen LogP contribution in [0, 0.1) is 0 Å². The van der Waals surface area contributed by atoms with Crippen LogP contribution in [0.3, 0.4) is 0 Å². The maximum absolute atomic E-state index is 10.6. The molecule has 3 radical (unpaired) electrons. The normalized spacial score (nSPS) is 12.5. The zero-order valence-corrected chi connectivity index (χ0v) is 5.56. The van der Waals surface area contributed by atoms with E-state index in [-0.39, 0.29) is 6.15 Å². The molecule has 11 heavy (non-hydrogen) atoms. The molecule has 2 rings (SSSR count). The van der Waals surface area contributed by atoms with Crippen molar-refractivity contribution >= 4 is 6.03 Å². The minimum atomic E-state index is -0.402. The van der Waals surface area contributed by atoms with E-state index in [2.05, 4.69) is 9.98 Å². The lowest BCUT2D eigenvalue weighted by Gasteiger charge is -1.75. The van der Waals surface area contributed by atoms with Gasteiger partial charge in [-0.05, 0) is 12.1 Å². The smallest absolute Gasteiger partial charge is 0.244 e. The van der Waals surface area contributed by atoms with E-state index in [4.69, 9.17) is 0 Å². The van der Waals surface area contributed by atoms with E-state index in [9.17, 15) is 4.79 Å². The van der Waals surface area contributed by atoms with Crippen molar-refractivity contribution in [2.45, 2.75) is 0 Å². The molecule has 1 aromatic rings. The molecule has 0 atom stereocenters. The maximum Gasteiger partial charge on any atom is 0.368 e. The van der Waals surface area contributed by atoms with Crippen LogP contribution in [0.4, 0.5) is 4.79 Å². The van der Waals surface area contributed by atoms with Crippen LogP contribution >= 0.6 is 0 Å². The van der Waals surface area contributed by atoms with Crippen molar-refractivity contribution in [2.24, 2.45) is 9.98 Å². The Morgan fingerprint density at radius 3 is 1.91 bits per heavy atom. The topological polar surface area (TPSA) is 72.3 Å². The second-order valence-electron chi connectivity index (χ2n) is 1.99. The van der Waals surface area contributed by atoms with Crippen LogP contribution < -0.4 is 16.9 Å². The Kier molecular flexibility index (Phi) is 1.78. The lowest BCUT2D eigenvalue weighted by atomic mass is 10.3. The number of nitrogens with zero attached hydrogens (tertiary/aromatic N) is 3. The Morgan fingerprint density at radius 1 is 1.00 bits per heavy atom. The lowest BCUT2D eigenvalue weighted by Crippen LogP contribution is -2.19. The fourth-order valence-electron chi connectivity index (χ4n) is 0.884. The number of carbonyl (C=O) groups excluding carboxylic acids is 1. The molecule has 0 aromatic heterocycles. The van der Waals surface area contributed by atoms with E-state index >= 15 is 0 Å². The lowest BCUT2D eigenvalue weighted by molar-refractivity contribution is 0.256. The van der Waals surface area contributed by atoms with Crippen molar-refractivity contribution in [3.8, 4) is 0 Å². The molecule has 53 valence electrons. The number of para-hydroxylation sites is 2. The summed E-state index contributed by atoms with van der Waals surface area (Å²) >= 11 is 0. The molecule has 1 heterocycles. The molecule has 1 aliphatic heterocycles. The number of fused-ring (bicyclic) bond motifs is 1. The SMILES string of the molecule is O=C1N=c2ccccc2=N1.[N]. The molecular formula is C7H4N3O. The van der Waals surface area contributed by atoms with Gasteiger partial charge in [0, 0.05) is 6.15 Å². The maximum atomic E-state index is 10.6. The van der Waals surface area contributed by atoms with E-state index in [1.165, 1.54) is 0 Å². The average molecular weight is 146 g/mol. The number of hydrogen-bond acceptors (Lipinski definition) is 1. The Labute approximate surface area is 62.9 Å². The monoisotopic (exact) mass is 146 g/mol. The fourth-order valence-corrected chi connectivity index (χ4v) is 0.884. The molecular weight excluding hydrogens is 142 g/mol. The van der Waals surface area contributed by atoms with Gasteiger partial charge in [-0.2, -0.15) is 9.98 Å². The third-order valence-electron chi connectivity index (χ3n) is 1.31. The molecule has 2 amide bonds. The van der Waals surface area contributed by atoms with Crippen LogP contribution in [-0.4, -0.2) is 6.03 Å².